The summed E-state index contributed by atoms with van der Waals surface area (Å²) in [5.41, 5.74) is -0.0559. The molecule has 5 nitrogen and oxygen atoms in total. The van der Waals surface area contributed by atoms with Gasteiger partial charge in [0, 0.05) is 18.5 Å². The zero-order valence-corrected chi connectivity index (χ0v) is 15.4. The van der Waals surface area contributed by atoms with Gasteiger partial charge in [0.25, 0.3) is 0 Å². The molecule has 29 heavy (non-hydrogen) atoms. The van der Waals surface area contributed by atoms with Gasteiger partial charge in [-0.05, 0) is 30.3 Å². The van der Waals surface area contributed by atoms with Gasteiger partial charge >= 0.3 is 6.61 Å². The molecular weight excluding hydrogens is 416 g/mol. The van der Waals surface area contributed by atoms with E-state index in [4.69, 9.17) is 16.0 Å². The number of ether oxygens (including phenoxy) is 1. The van der Waals surface area contributed by atoms with Crippen LogP contribution in [0.5, 0.6) is 5.75 Å². The molecule has 1 heterocycles. The minimum absolute atomic E-state index is 0.0490. The van der Waals surface area contributed by atoms with Crippen LogP contribution in [0.15, 0.2) is 47.0 Å². The SMILES string of the molecule is O=C(CCc1ncc(-c2c(F)cccc2F)o1)Nc1ccc(OC(F)F)c(Cl)c1. The Labute approximate surface area is 167 Å². The number of aryl methyl sites for hydroxylation is 1. The molecule has 0 radical (unpaired) electrons. The Hall–Kier alpha value is -3.07. The van der Waals surface area contributed by atoms with Crippen LogP contribution in [0.2, 0.25) is 5.02 Å². The van der Waals surface area contributed by atoms with E-state index in [1.54, 1.807) is 0 Å². The maximum atomic E-state index is 13.8. The number of alkyl halides is 2. The number of anilines is 1. The first-order chi connectivity index (χ1) is 13.8. The third-order valence-corrected chi connectivity index (χ3v) is 4.06. The quantitative estimate of drug-likeness (QED) is 0.508. The lowest BCUT2D eigenvalue weighted by Crippen LogP contribution is -2.12. The summed E-state index contributed by atoms with van der Waals surface area (Å²) in [7, 11) is 0. The summed E-state index contributed by atoms with van der Waals surface area (Å²) in [5, 5.41) is 2.44. The van der Waals surface area contributed by atoms with Gasteiger partial charge in [0.05, 0.1) is 16.8 Å². The molecule has 2 aromatic carbocycles. The van der Waals surface area contributed by atoms with Crippen LogP contribution in [0.25, 0.3) is 11.3 Å². The van der Waals surface area contributed by atoms with Gasteiger partial charge in [-0.3, -0.25) is 4.79 Å². The summed E-state index contributed by atoms with van der Waals surface area (Å²) >= 11 is 5.82. The maximum absolute atomic E-state index is 13.8. The Balaban J connectivity index is 1.59. The highest BCUT2D eigenvalue weighted by atomic mass is 35.5. The Morgan fingerprint density at radius 3 is 2.59 bits per heavy atom. The number of hydrogen-bond donors (Lipinski definition) is 1. The number of rotatable bonds is 7. The molecule has 0 aliphatic carbocycles. The topological polar surface area (TPSA) is 64.4 Å². The van der Waals surface area contributed by atoms with Crippen LogP contribution in [-0.2, 0) is 11.2 Å². The van der Waals surface area contributed by atoms with E-state index in [1.165, 1.54) is 30.5 Å². The molecule has 0 saturated carbocycles. The molecule has 0 bridgehead atoms. The Kier molecular flexibility index (Phi) is 6.38. The number of carbonyl (C=O) groups is 1. The molecule has 0 aliphatic rings. The van der Waals surface area contributed by atoms with Gasteiger partial charge in [0.15, 0.2) is 11.7 Å². The van der Waals surface area contributed by atoms with E-state index in [9.17, 15) is 22.4 Å². The fourth-order valence-corrected chi connectivity index (χ4v) is 2.71. The molecule has 3 aromatic rings. The number of benzene rings is 2. The largest absolute Gasteiger partial charge is 0.441 e. The van der Waals surface area contributed by atoms with E-state index in [0.717, 1.165) is 12.1 Å². The molecule has 0 fully saturated rings. The van der Waals surface area contributed by atoms with Gasteiger partial charge in [-0.25, -0.2) is 13.8 Å². The average molecular weight is 429 g/mol. The fourth-order valence-electron chi connectivity index (χ4n) is 2.49. The van der Waals surface area contributed by atoms with E-state index in [0.29, 0.717) is 0 Å². The van der Waals surface area contributed by atoms with Crippen LogP contribution in [-0.4, -0.2) is 17.5 Å². The molecule has 3 rings (SSSR count). The fraction of sp³-hybridized carbons (Fsp3) is 0.158. The Bertz CT molecular complexity index is 1010. The molecule has 152 valence electrons. The van der Waals surface area contributed by atoms with Crippen LogP contribution >= 0.6 is 11.6 Å². The van der Waals surface area contributed by atoms with E-state index in [1.807, 2.05) is 0 Å². The molecule has 0 unspecified atom stereocenters. The molecule has 0 spiro atoms. The molecule has 0 aliphatic heterocycles. The molecule has 10 heteroatoms. The van der Waals surface area contributed by atoms with Crippen LogP contribution < -0.4 is 10.1 Å². The average Bonchev–Trinajstić information content (AvgIpc) is 3.10. The first kappa shape index (κ1) is 20.7. The van der Waals surface area contributed by atoms with Crippen LogP contribution in [0.4, 0.5) is 23.2 Å². The van der Waals surface area contributed by atoms with Crippen molar-refractivity contribution in [3.8, 4) is 17.1 Å². The number of halogens is 5. The van der Waals surface area contributed by atoms with Gasteiger partial charge < -0.3 is 14.5 Å². The number of aromatic nitrogens is 1. The van der Waals surface area contributed by atoms with Crippen molar-refractivity contribution in [3.05, 3.63) is 65.1 Å². The minimum Gasteiger partial charge on any atom is -0.441 e. The number of amides is 1. The van der Waals surface area contributed by atoms with Crippen molar-refractivity contribution in [3.63, 3.8) is 0 Å². The number of carbonyl (C=O) groups excluding carboxylic acids is 1. The predicted octanol–water partition coefficient (Wildman–Crippen LogP) is 5.45. The second kappa shape index (κ2) is 8.95. The predicted molar refractivity (Wildman–Crippen MR) is 96.9 cm³/mol. The standard InChI is InChI=1S/C19H13ClF4N2O3/c20-11-8-10(4-5-14(11)29-19(23)24)26-16(27)6-7-17-25-9-15(28-17)18-12(21)2-1-3-13(18)22/h1-5,8-9,19H,6-7H2,(H,26,27). The van der Waals surface area contributed by atoms with Crippen LogP contribution in [0.1, 0.15) is 12.3 Å². The lowest BCUT2D eigenvalue weighted by atomic mass is 10.1. The highest BCUT2D eigenvalue weighted by molar-refractivity contribution is 6.32. The molecule has 1 amide bonds. The smallest absolute Gasteiger partial charge is 0.387 e. The zero-order valence-electron chi connectivity index (χ0n) is 14.6. The summed E-state index contributed by atoms with van der Waals surface area (Å²) in [6.07, 6.45) is 1.20. The summed E-state index contributed by atoms with van der Waals surface area (Å²) in [6, 6.07) is 7.24. The molecule has 0 atom stereocenters. The van der Waals surface area contributed by atoms with Gasteiger partial charge in [-0.15, -0.1) is 0 Å². The lowest BCUT2D eigenvalue weighted by Gasteiger charge is -2.09. The molecular formula is C19H13ClF4N2O3. The summed E-state index contributed by atoms with van der Waals surface area (Å²) in [6.45, 7) is -3.02. The van der Waals surface area contributed by atoms with E-state index in [-0.39, 0.29) is 46.5 Å². The first-order valence-corrected chi connectivity index (χ1v) is 8.64. The zero-order chi connectivity index (χ0) is 21.0. The van der Waals surface area contributed by atoms with Gasteiger partial charge in [-0.2, -0.15) is 8.78 Å². The van der Waals surface area contributed by atoms with Crippen molar-refractivity contribution in [2.75, 3.05) is 5.32 Å². The van der Waals surface area contributed by atoms with Crippen molar-refractivity contribution in [2.24, 2.45) is 0 Å². The highest BCUT2D eigenvalue weighted by Crippen LogP contribution is 2.29. The van der Waals surface area contributed by atoms with Crippen molar-refractivity contribution >= 4 is 23.2 Å². The number of oxazole rings is 1. The van der Waals surface area contributed by atoms with E-state index in [2.05, 4.69) is 15.0 Å². The number of hydrogen-bond acceptors (Lipinski definition) is 4. The number of nitrogens with one attached hydrogen (secondary N) is 1. The monoisotopic (exact) mass is 428 g/mol. The molecule has 1 N–H and O–H groups in total. The second-order valence-corrected chi connectivity index (χ2v) is 6.19. The molecule has 1 aromatic heterocycles. The minimum atomic E-state index is -3.02. The third kappa shape index (κ3) is 5.26. The van der Waals surface area contributed by atoms with Crippen molar-refractivity contribution in [1.29, 1.82) is 0 Å². The maximum Gasteiger partial charge on any atom is 0.387 e. The van der Waals surface area contributed by atoms with E-state index >= 15 is 0 Å². The van der Waals surface area contributed by atoms with Crippen LogP contribution in [0.3, 0.4) is 0 Å². The van der Waals surface area contributed by atoms with Gasteiger partial charge in [0.1, 0.15) is 17.4 Å². The number of nitrogens with zero attached hydrogens (tertiary/aromatic N) is 1. The highest BCUT2D eigenvalue weighted by Gasteiger charge is 2.16. The lowest BCUT2D eigenvalue weighted by molar-refractivity contribution is -0.116. The summed E-state index contributed by atoms with van der Waals surface area (Å²) < 4.78 is 61.5. The van der Waals surface area contributed by atoms with Crippen LogP contribution in [0, 0.1) is 11.6 Å². The van der Waals surface area contributed by atoms with Gasteiger partial charge in [0.2, 0.25) is 5.91 Å². The van der Waals surface area contributed by atoms with Crippen molar-refractivity contribution in [1.82, 2.24) is 4.98 Å². The van der Waals surface area contributed by atoms with Crippen molar-refractivity contribution in [2.45, 2.75) is 19.5 Å². The van der Waals surface area contributed by atoms with Crippen molar-refractivity contribution < 1.29 is 31.5 Å². The second-order valence-electron chi connectivity index (χ2n) is 5.79. The van der Waals surface area contributed by atoms with Gasteiger partial charge in [-0.1, -0.05) is 17.7 Å². The first-order valence-electron chi connectivity index (χ1n) is 8.27. The Morgan fingerprint density at radius 2 is 1.93 bits per heavy atom. The van der Waals surface area contributed by atoms with E-state index < -0.39 is 24.2 Å². The Morgan fingerprint density at radius 1 is 1.21 bits per heavy atom. The summed E-state index contributed by atoms with van der Waals surface area (Å²) in [4.78, 5) is 16.0. The molecule has 0 saturated heterocycles. The normalized spacial score (nSPS) is 11.0. The third-order valence-electron chi connectivity index (χ3n) is 3.76. The summed E-state index contributed by atoms with van der Waals surface area (Å²) in [5.74, 6) is -2.19.